The third-order valence-corrected chi connectivity index (χ3v) is 12.0. The van der Waals surface area contributed by atoms with Crippen LogP contribution in [0.15, 0.2) is 111 Å². The normalized spacial score (nSPS) is 15.6. The molecule has 2 aliphatic heterocycles. The molecule has 7 rings (SSSR count). The molecule has 1 fully saturated rings. The smallest absolute Gasteiger partial charge is 0.356 e. The first-order valence-electron chi connectivity index (χ1n) is 19.5. The minimum Gasteiger partial charge on any atom is -0.448 e. The van der Waals surface area contributed by atoms with Crippen LogP contribution in [0.25, 0.3) is 0 Å². The summed E-state index contributed by atoms with van der Waals surface area (Å²) in [5, 5.41) is 20.0. The lowest BCUT2D eigenvalue weighted by Gasteiger charge is -2.49. The summed E-state index contributed by atoms with van der Waals surface area (Å²) in [6, 6.07) is 20.4. The maximum Gasteiger partial charge on any atom is 0.356 e. The number of aromatic nitrogens is 5. The summed E-state index contributed by atoms with van der Waals surface area (Å²) in [7, 11) is 1.67. The summed E-state index contributed by atoms with van der Waals surface area (Å²) in [6.45, 7) is 1.48. The molecule has 3 amide bonds. The minimum atomic E-state index is -1.22. The number of Topliss-reactive ketones (excluding diaryl/α,β-unsaturated/α-hetero) is 1. The molecule has 0 bridgehead atoms. The maximum atomic E-state index is 14.5. The van der Waals surface area contributed by atoms with Crippen LogP contribution in [0.4, 0.5) is 6.01 Å². The van der Waals surface area contributed by atoms with E-state index in [9.17, 15) is 33.6 Å². The summed E-state index contributed by atoms with van der Waals surface area (Å²) in [6.07, 6.45) is 0.132. The Hall–Kier alpha value is -7.37. The largest absolute Gasteiger partial charge is 0.448 e. The number of benzene rings is 3. The third kappa shape index (κ3) is 10.9. The molecule has 2 aliphatic rings. The van der Waals surface area contributed by atoms with Crippen molar-refractivity contribution in [2.24, 2.45) is 12.2 Å². The molecule has 24 heteroatoms. The van der Waals surface area contributed by atoms with E-state index in [1.807, 2.05) is 60.7 Å². The maximum absolute atomic E-state index is 14.5. The van der Waals surface area contributed by atoms with E-state index in [4.69, 9.17) is 35.1 Å². The molecule has 0 radical (unpaired) electrons. The number of nitrogens with zero attached hydrogens (tertiary/aromatic N) is 7. The van der Waals surface area contributed by atoms with Crippen molar-refractivity contribution in [2.45, 2.75) is 36.5 Å². The number of ether oxygens (including phenoxy) is 3. The molecule has 2 aromatic heterocycles. The molecule has 4 heterocycles. The zero-order chi connectivity index (χ0) is 46.9. The number of tetrazole rings is 1. The van der Waals surface area contributed by atoms with E-state index >= 15 is 0 Å². The van der Waals surface area contributed by atoms with Crippen LogP contribution in [0.3, 0.4) is 0 Å². The Morgan fingerprint density at radius 1 is 0.970 bits per heavy atom. The lowest BCUT2D eigenvalue weighted by molar-refractivity contribution is -0.154. The van der Waals surface area contributed by atoms with Gasteiger partial charge in [-0.05, 0) is 45.3 Å². The molecular formula is C42H36ClN9O12S2. The van der Waals surface area contributed by atoms with E-state index in [1.54, 1.807) is 7.05 Å². The van der Waals surface area contributed by atoms with Gasteiger partial charge in [-0.25, -0.2) is 9.48 Å². The molecule has 66 heavy (non-hydrogen) atoms. The monoisotopic (exact) mass is 957 g/mol. The van der Waals surface area contributed by atoms with Gasteiger partial charge in [-0.15, -0.1) is 28.5 Å². The van der Waals surface area contributed by atoms with E-state index in [0.717, 1.165) is 26.2 Å². The quantitative estimate of drug-likeness (QED) is 0.0186. The van der Waals surface area contributed by atoms with Gasteiger partial charge >= 0.3 is 23.9 Å². The molecule has 2 atom stereocenters. The molecule has 340 valence electrons. The number of ketones is 1. The van der Waals surface area contributed by atoms with E-state index in [1.165, 1.54) is 45.2 Å². The second-order valence-electron chi connectivity index (χ2n) is 14.0. The first-order chi connectivity index (χ1) is 31.8. The Morgan fingerprint density at radius 2 is 1.65 bits per heavy atom. The molecule has 0 unspecified atom stereocenters. The van der Waals surface area contributed by atoms with Crippen molar-refractivity contribution in [1.82, 2.24) is 35.4 Å². The number of esters is 3. The van der Waals surface area contributed by atoms with Crippen LogP contribution in [0.5, 0.6) is 11.5 Å². The van der Waals surface area contributed by atoms with Gasteiger partial charge in [-0.3, -0.25) is 39.0 Å². The van der Waals surface area contributed by atoms with Gasteiger partial charge in [0.05, 0.1) is 0 Å². The third-order valence-electron chi connectivity index (χ3n) is 9.37. The Kier molecular flexibility index (Phi) is 14.9. The number of hydrogen-bond donors (Lipinski definition) is 2. The summed E-state index contributed by atoms with van der Waals surface area (Å²) in [5.74, 6) is -5.60. The van der Waals surface area contributed by atoms with E-state index < -0.39 is 77.1 Å². The number of amides is 3. The number of alkyl halides is 1. The Morgan fingerprint density at radius 3 is 2.29 bits per heavy atom. The average molecular weight is 958 g/mol. The predicted molar refractivity (Wildman–Crippen MR) is 234 cm³/mol. The van der Waals surface area contributed by atoms with Crippen LogP contribution in [0.1, 0.15) is 47.1 Å². The van der Waals surface area contributed by atoms with Crippen LogP contribution >= 0.6 is 35.1 Å². The molecule has 21 nitrogen and oxygen atoms in total. The first kappa shape index (κ1) is 46.6. The molecule has 0 saturated carbocycles. The Balaban J connectivity index is 1.14. The van der Waals surface area contributed by atoms with Crippen LogP contribution in [-0.4, -0.2) is 113 Å². The standard InChI is InChI=1S/C42H36ClN9O12S2/c1-22(53)62-30-15-14-26(16-31(30)63-23(2)54)29(55)19-61-48-33(28-18-60-41(44-28)45-32(56)17-43)37(57)46-34-38(58)52-35(27(20-65-39(34)52)21-66-42-47-49-50-51(42)3)40(59)64-36(24-10-6-4-7-11-24)25-12-8-5-9-13-25/h4-16,18,34,36,39H,17,19-21H2,1-3H3,(H,46,57)(H,44,45,56)/b48-33-/t34-,39-/m1/s1. The van der Waals surface area contributed by atoms with Crippen molar-refractivity contribution in [1.29, 1.82) is 0 Å². The zero-order valence-electron chi connectivity index (χ0n) is 34.9. The van der Waals surface area contributed by atoms with Gasteiger partial charge in [0.15, 0.2) is 29.9 Å². The number of thioether (sulfide) groups is 2. The number of carbonyl (C=O) groups is 7. The number of nitrogens with one attached hydrogen (secondary N) is 2. The number of aryl methyl sites for hydroxylation is 1. The number of carbonyl (C=O) groups excluding carboxylic acids is 7. The summed E-state index contributed by atoms with van der Waals surface area (Å²) < 4.78 is 23.2. The van der Waals surface area contributed by atoms with Crippen LogP contribution in [0.2, 0.25) is 0 Å². The molecule has 3 aromatic carbocycles. The first-order valence-corrected chi connectivity index (χ1v) is 22.1. The minimum absolute atomic E-state index is 0.00148. The van der Waals surface area contributed by atoms with E-state index in [2.05, 4.69) is 36.3 Å². The molecule has 0 spiro atoms. The SMILES string of the molecule is CC(=O)Oc1ccc(C(=O)CO/N=C(\C(=O)N[C@@H]2C(=O)N3C(C(=O)OC(c4ccccc4)c4ccccc4)=C(CSc4nnnn4C)CS[C@H]23)c2coc(NC(=O)CCl)n2)cc1OC(C)=O. The number of oxazole rings is 1. The van der Waals surface area contributed by atoms with Gasteiger partial charge in [-0.1, -0.05) is 77.6 Å². The second kappa shape index (κ2) is 21.1. The van der Waals surface area contributed by atoms with Gasteiger partial charge < -0.3 is 28.8 Å². The van der Waals surface area contributed by atoms with Crippen LogP contribution in [0, 0.1) is 0 Å². The van der Waals surface area contributed by atoms with Gasteiger partial charge in [0, 0.05) is 38.0 Å². The molecular weight excluding hydrogens is 922 g/mol. The average Bonchev–Trinajstić information content (AvgIpc) is 3.95. The molecule has 1 saturated heterocycles. The molecule has 2 N–H and O–H groups in total. The highest BCUT2D eigenvalue weighted by atomic mass is 35.5. The topological polar surface area (TPSA) is 266 Å². The summed E-state index contributed by atoms with van der Waals surface area (Å²) in [5.41, 5.74) is 1.05. The highest BCUT2D eigenvalue weighted by Crippen LogP contribution is 2.43. The lowest BCUT2D eigenvalue weighted by atomic mass is 10.0. The van der Waals surface area contributed by atoms with E-state index in [0.29, 0.717) is 21.9 Å². The predicted octanol–water partition coefficient (Wildman–Crippen LogP) is 3.61. The Labute approximate surface area is 387 Å². The van der Waals surface area contributed by atoms with Gasteiger partial charge in [0.1, 0.15) is 34.9 Å². The molecule has 0 aliphatic carbocycles. The number of β-lactam (4-membered cyclic amide) rings is 1. The number of rotatable bonds is 18. The van der Waals surface area contributed by atoms with Crippen LogP contribution < -0.4 is 20.1 Å². The fraction of sp³-hybridized carbons (Fsp3) is 0.238. The van der Waals surface area contributed by atoms with Gasteiger partial charge in [0.25, 0.3) is 11.8 Å². The van der Waals surface area contributed by atoms with Crippen molar-refractivity contribution in [3.63, 3.8) is 0 Å². The summed E-state index contributed by atoms with van der Waals surface area (Å²) >= 11 is 8.14. The second-order valence-corrected chi connectivity index (χ2v) is 16.3. The highest BCUT2D eigenvalue weighted by Gasteiger charge is 2.55. The fourth-order valence-electron chi connectivity index (χ4n) is 6.43. The van der Waals surface area contributed by atoms with Gasteiger partial charge in [0.2, 0.25) is 16.8 Å². The number of anilines is 1. The number of halogens is 1. The fourth-order valence-corrected chi connectivity index (χ4v) is 8.83. The van der Waals surface area contributed by atoms with Crippen molar-refractivity contribution in [2.75, 3.05) is 29.3 Å². The highest BCUT2D eigenvalue weighted by molar-refractivity contribution is 8.01. The van der Waals surface area contributed by atoms with Gasteiger partial charge in [-0.2, -0.15) is 4.98 Å². The number of oxime groups is 1. The van der Waals surface area contributed by atoms with Crippen LogP contribution in [-0.2, 0) is 45.4 Å². The lowest BCUT2D eigenvalue weighted by Crippen LogP contribution is -2.71. The van der Waals surface area contributed by atoms with Crippen molar-refractivity contribution >= 4 is 88.3 Å². The Bertz CT molecular complexity index is 2710. The number of fused-ring (bicyclic) bond motifs is 1. The summed E-state index contributed by atoms with van der Waals surface area (Å²) in [4.78, 5) is 102. The van der Waals surface area contributed by atoms with E-state index in [-0.39, 0.29) is 46.0 Å². The zero-order valence-corrected chi connectivity index (χ0v) is 37.3. The van der Waals surface area contributed by atoms with Crippen molar-refractivity contribution in [3.05, 3.63) is 119 Å². The van der Waals surface area contributed by atoms with Crippen molar-refractivity contribution < 1.29 is 57.0 Å². The molecule has 5 aromatic rings. The van der Waals surface area contributed by atoms with Crippen molar-refractivity contribution in [3.8, 4) is 11.5 Å². The number of hydrogen-bond acceptors (Lipinski definition) is 19.